The number of carbonyl (C=O) groups is 4. The molecule has 0 amide bonds. The van der Waals surface area contributed by atoms with Gasteiger partial charge < -0.3 is 10.2 Å². The number of ketones is 4. The molecule has 0 spiro atoms. The van der Waals surface area contributed by atoms with Gasteiger partial charge in [-0.25, -0.2) is 0 Å². The van der Waals surface area contributed by atoms with E-state index in [4.69, 9.17) is 0 Å². The van der Waals surface area contributed by atoms with Gasteiger partial charge in [0.1, 0.15) is 17.5 Å². The van der Waals surface area contributed by atoms with Crippen molar-refractivity contribution in [2.24, 2.45) is 28.6 Å². The number of rotatable bonds is 4. The highest BCUT2D eigenvalue weighted by atomic mass is 16.3. The number of hydrogen-bond acceptors (Lipinski definition) is 6. The van der Waals surface area contributed by atoms with E-state index in [2.05, 4.69) is 25.1 Å². The maximum Gasteiger partial charge on any atom is 0.192 e. The first-order valence-electron chi connectivity index (χ1n) is 14.6. The normalized spacial score (nSPS) is 31.2. The summed E-state index contributed by atoms with van der Waals surface area (Å²) < 4.78 is 0. The topological polar surface area (TPSA) is 109 Å². The van der Waals surface area contributed by atoms with Gasteiger partial charge in [0.25, 0.3) is 0 Å². The fraction of sp³-hybridized carbons (Fsp3) is 0.486. The number of aryl methyl sites for hydroxylation is 2. The van der Waals surface area contributed by atoms with Gasteiger partial charge in [0, 0.05) is 5.41 Å². The van der Waals surface area contributed by atoms with Crippen LogP contribution >= 0.6 is 0 Å². The van der Waals surface area contributed by atoms with E-state index in [0.717, 1.165) is 34.2 Å². The number of phenolic OH excluding ortho intramolecular Hbond substituents is 1. The molecule has 0 saturated heterocycles. The maximum absolute atomic E-state index is 14.5. The molecular weight excluding hydrogens is 516 g/mol. The van der Waals surface area contributed by atoms with Crippen LogP contribution in [0, 0.1) is 35.5 Å². The number of carbonyl (C=O) groups excluding carboxylic acids is 4. The van der Waals surface area contributed by atoms with Crippen molar-refractivity contribution >= 4 is 23.1 Å². The molecule has 0 aliphatic heterocycles. The number of aromatic hydroxyl groups is 1. The average Bonchev–Trinajstić information content (AvgIpc) is 2.86. The lowest BCUT2D eigenvalue weighted by atomic mass is 9.41. The van der Waals surface area contributed by atoms with Crippen molar-refractivity contribution < 1.29 is 29.4 Å². The average molecular weight is 557 g/mol. The zero-order valence-electron chi connectivity index (χ0n) is 25.3. The van der Waals surface area contributed by atoms with E-state index >= 15 is 0 Å². The van der Waals surface area contributed by atoms with Crippen LogP contribution in [0.4, 0.5) is 0 Å². The predicted octanol–water partition coefficient (Wildman–Crippen LogP) is 5.76. The molecule has 5 rings (SSSR count). The first kappa shape index (κ1) is 29.1. The first-order chi connectivity index (χ1) is 19.0. The molecule has 2 aromatic carbocycles. The monoisotopic (exact) mass is 556 g/mol. The van der Waals surface area contributed by atoms with Crippen LogP contribution in [-0.4, -0.2) is 38.9 Å². The Labute approximate surface area is 241 Å². The zero-order chi connectivity index (χ0) is 30.4. The Morgan fingerprint density at radius 1 is 1.02 bits per heavy atom. The third kappa shape index (κ3) is 3.72. The van der Waals surface area contributed by atoms with Crippen LogP contribution in [-0.2, 0) is 27.2 Å². The van der Waals surface area contributed by atoms with E-state index in [1.54, 1.807) is 13.8 Å². The smallest absolute Gasteiger partial charge is 0.192 e. The van der Waals surface area contributed by atoms with E-state index in [-0.39, 0.29) is 23.7 Å². The third-order valence-electron chi connectivity index (χ3n) is 10.2. The van der Waals surface area contributed by atoms with E-state index in [1.807, 2.05) is 33.8 Å². The summed E-state index contributed by atoms with van der Waals surface area (Å²) in [5.41, 5.74) is 1.32. The molecule has 0 bridgehead atoms. The van der Waals surface area contributed by atoms with Crippen molar-refractivity contribution in [2.75, 3.05) is 0 Å². The second-order valence-corrected chi connectivity index (χ2v) is 13.4. The van der Waals surface area contributed by atoms with Crippen molar-refractivity contribution in [2.45, 2.75) is 80.3 Å². The lowest BCUT2D eigenvalue weighted by Gasteiger charge is -2.60. The van der Waals surface area contributed by atoms with Crippen molar-refractivity contribution in [3.63, 3.8) is 0 Å². The molecule has 0 radical (unpaired) electrons. The second kappa shape index (κ2) is 9.32. The molecule has 1 saturated carbocycles. The van der Waals surface area contributed by atoms with E-state index < -0.39 is 51.4 Å². The van der Waals surface area contributed by atoms with Crippen LogP contribution in [0.25, 0.3) is 11.1 Å². The highest BCUT2D eigenvalue weighted by Gasteiger charge is 2.73. The molecule has 5 atom stereocenters. The van der Waals surface area contributed by atoms with Gasteiger partial charge in [0.2, 0.25) is 0 Å². The highest BCUT2D eigenvalue weighted by Crippen LogP contribution is 2.64. The lowest BCUT2D eigenvalue weighted by Crippen LogP contribution is -2.73. The SMILES string of the molecule is CCc1ccc(C)cc1-c1ccc(O)c2c1C[C@@]1(C)C[C@@]3(C)C(C(C)C)=C(C)C(C(C)=O)C(=O)[C@@]3(O)C(=O)C1C2=O. The molecule has 2 unspecified atom stereocenters. The quantitative estimate of drug-likeness (QED) is 0.366. The largest absolute Gasteiger partial charge is 0.507 e. The second-order valence-electron chi connectivity index (χ2n) is 13.4. The van der Waals surface area contributed by atoms with E-state index in [1.165, 1.54) is 13.0 Å². The summed E-state index contributed by atoms with van der Waals surface area (Å²) in [7, 11) is 0. The van der Waals surface area contributed by atoms with Gasteiger partial charge in [0.15, 0.2) is 23.0 Å². The van der Waals surface area contributed by atoms with Crippen molar-refractivity contribution in [1.82, 2.24) is 0 Å². The number of phenols is 1. The predicted molar refractivity (Wildman–Crippen MR) is 157 cm³/mol. The number of Topliss-reactive ketones (excluding diaryl/α,β-unsaturated/α-hetero) is 4. The lowest BCUT2D eigenvalue weighted by molar-refractivity contribution is -0.183. The van der Waals surface area contributed by atoms with Crippen molar-refractivity contribution in [3.05, 3.63) is 63.7 Å². The van der Waals surface area contributed by atoms with Gasteiger partial charge in [-0.15, -0.1) is 0 Å². The number of allylic oxidation sites excluding steroid dienone is 1. The maximum atomic E-state index is 14.5. The molecule has 3 aliphatic carbocycles. The summed E-state index contributed by atoms with van der Waals surface area (Å²) in [4.78, 5) is 55.5. The molecule has 0 heterocycles. The van der Waals surface area contributed by atoms with Crippen molar-refractivity contribution in [1.29, 1.82) is 0 Å². The molecule has 3 aliphatic rings. The van der Waals surface area contributed by atoms with Gasteiger partial charge in [-0.3, -0.25) is 19.2 Å². The first-order valence-corrected chi connectivity index (χ1v) is 14.6. The van der Waals surface area contributed by atoms with Crippen LogP contribution in [0.1, 0.15) is 81.9 Å². The van der Waals surface area contributed by atoms with Gasteiger partial charge in [-0.05, 0) is 79.7 Å². The Bertz CT molecular complexity index is 1580. The number of aliphatic hydroxyl groups is 1. The fourth-order valence-electron chi connectivity index (χ4n) is 8.84. The van der Waals surface area contributed by atoms with Crippen molar-refractivity contribution in [3.8, 4) is 16.9 Å². The summed E-state index contributed by atoms with van der Waals surface area (Å²) in [6.45, 7) is 14.7. The van der Waals surface area contributed by atoms with Gasteiger partial charge in [0.05, 0.1) is 11.5 Å². The standard InChI is InChI=1S/C35H40O6/c1-9-21-11-10-18(4)14-23(21)22-12-13-25(37)27-24(22)15-33(7)16-34(8)28(17(2)3)19(5)26(20(6)36)31(39)35(34,41)32(40)29(33)30(27)38/h10-14,17,26,29,37,41H,9,15-16H2,1-8H3/t26?,29?,33-,34-,35+/m0/s1. The van der Waals surface area contributed by atoms with Crippen LogP contribution in [0.15, 0.2) is 41.5 Å². The van der Waals surface area contributed by atoms with E-state index in [0.29, 0.717) is 17.6 Å². The molecule has 6 heteroatoms. The minimum absolute atomic E-state index is 0.0799. The van der Waals surface area contributed by atoms with Crippen LogP contribution in [0.2, 0.25) is 0 Å². The van der Waals surface area contributed by atoms with Crippen LogP contribution < -0.4 is 0 Å². The fourth-order valence-corrected chi connectivity index (χ4v) is 8.84. The number of fused-ring (bicyclic) bond motifs is 3. The Hall–Kier alpha value is -3.38. The molecule has 2 aromatic rings. The number of hydrogen-bond donors (Lipinski definition) is 2. The summed E-state index contributed by atoms with van der Waals surface area (Å²) in [6, 6.07) is 9.54. The highest BCUT2D eigenvalue weighted by molar-refractivity contribution is 6.27. The Balaban J connectivity index is 1.78. The Morgan fingerprint density at radius 3 is 2.27 bits per heavy atom. The van der Waals surface area contributed by atoms with E-state index in [9.17, 15) is 29.4 Å². The van der Waals surface area contributed by atoms with Crippen LogP contribution in [0.3, 0.4) is 0 Å². The Morgan fingerprint density at radius 2 is 1.68 bits per heavy atom. The molecule has 0 aromatic heterocycles. The van der Waals surface area contributed by atoms with Gasteiger partial charge in [-0.2, -0.15) is 0 Å². The van der Waals surface area contributed by atoms with Gasteiger partial charge >= 0.3 is 0 Å². The minimum Gasteiger partial charge on any atom is -0.507 e. The molecule has 1 fully saturated rings. The summed E-state index contributed by atoms with van der Waals surface area (Å²) >= 11 is 0. The molecule has 41 heavy (non-hydrogen) atoms. The summed E-state index contributed by atoms with van der Waals surface area (Å²) in [5.74, 6) is -5.66. The minimum atomic E-state index is -2.53. The van der Waals surface area contributed by atoms with Crippen LogP contribution in [0.5, 0.6) is 5.75 Å². The molecule has 216 valence electrons. The summed E-state index contributed by atoms with van der Waals surface area (Å²) in [6.07, 6.45) is 1.29. The molecular formula is C35H40O6. The Kier molecular flexibility index (Phi) is 6.62. The molecule has 2 N–H and O–H groups in total. The molecule has 6 nitrogen and oxygen atoms in total. The zero-order valence-corrected chi connectivity index (χ0v) is 25.3. The third-order valence-corrected chi connectivity index (χ3v) is 10.2. The summed E-state index contributed by atoms with van der Waals surface area (Å²) in [5, 5.41) is 23.3. The van der Waals surface area contributed by atoms with Gasteiger partial charge in [-0.1, -0.05) is 75.6 Å². The number of benzene rings is 2.